The molecule has 0 bridgehead atoms. The number of nitrogens with zero attached hydrogens (tertiary/aromatic N) is 1. The molecule has 0 aliphatic carbocycles. The summed E-state index contributed by atoms with van der Waals surface area (Å²) >= 11 is 0. The third kappa shape index (κ3) is 10.4. The minimum atomic E-state index is -0.846. The van der Waals surface area contributed by atoms with Crippen LogP contribution in [0.25, 0.3) is 0 Å². The van der Waals surface area contributed by atoms with Gasteiger partial charge in [-0.2, -0.15) is 0 Å². The van der Waals surface area contributed by atoms with Crippen LogP contribution in [-0.2, 0) is 27.2 Å². The van der Waals surface area contributed by atoms with Gasteiger partial charge in [-0.25, -0.2) is 4.79 Å². The number of alkyl carbamates (subject to hydrolysis) is 1. The molecule has 2 aromatic carbocycles. The summed E-state index contributed by atoms with van der Waals surface area (Å²) in [7, 11) is 0. The minimum Gasteiger partial charge on any atom is -0.444 e. The van der Waals surface area contributed by atoms with Crippen molar-refractivity contribution in [3.05, 3.63) is 71.8 Å². The lowest BCUT2D eigenvalue weighted by atomic mass is 10.0. The van der Waals surface area contributed by atoms with E-state index < -0.39 is 29.7 Å². The topological polar surface area (TPSA) is 99.8 Å². The number of carbonyl (C=O) groups excluding carboxylic acids is 3. The Bertz CT molecular complexity index is 1060. The smallest absolute Gasteiger partial charge is 0.408 e. The number of rotatable bonds is 12. The number of carbonyl (C=O) groups is 3. The highest BCUT2D eigenvalue weighted by atomic mass is 16.6. The lowest BCUT2D eigenvalue weighted by Crippen LogP contribution is -2.55. The van der Waals surface area contributed by atoms with Gasteiger partial charge < -0.3 is 25.6 Å². The summed E-state index contributed by atoms with van der Waals surface area (Å²) in [6.45, 7) is 9.11. The van der Waals surface area contributed by atoms with Crippen LogP contribution in [0.4, 0.5) is 4.79 Å². The highest BCUT2D eigenvalue weighted by Crippen LogP contribution is 2.19. The molecular formula is C31H44N4O4. The first-order chi connectivity index (χ1) is 18.6. The number of ether oxygens (including phenoxy) is 1. The predicted molar refractivity (Wildman–Crippen MR) is 153 cm³/mol. The lowest BCUT2D eigenvalue weighted by Gasteiger charge is -2.30. The highest BCUT2D eigenvalue weighted by Gasteiger charge is 2.34. The first-order valence-corrected chi connectivity index (χ1v) is 14.0. The number of hydrogen-bond donors (Lipinski definition) is 3. The van der Waals surface area contributed by atoms with Gasteiger partial charge in [0.1, 0.15) is 17.7 Å². The van der Waals surface area contributed by atoms with Gasteiger partial charge in [0.05, 0.1) is 0 Å². The summed E-state index contributed by atoms with van der Waals surface area (Å²) in [6, 6.07) is 18.8. The molecule has 3 atom stereocenters. The Balaban J connectivity index is 1.60. The van der Waals surface area contributed by atoms with Gasteiger partial charge >= 0.3 is 6.09 Å². The number of amides is 3. The molecule has 1 heterocycles. The Morgan fingerprint density at radius 3 is 2.18 bits per heavy atom. The van der Waals surface area contributed by atoms with E-state index in [9.17, 15) is 14.4 Å². The second-order valence-corrected chi connectivity index (χ2v) is 11.2. The van der Waals surface area contributed by atoms with Crippen LogP contribution in [0.1, 0.15) is 58.1 Å². The van der Waals surface area contributed by atoms with Crippen LogP contribution in [0.15, 0.2) is 60.7 Å². The zero-order valence-electron chi connectivity index (χ0n) is 23.7. The van der Waals surface area contributed by atoms with E-state index >= 15 is 0 Å². The van der Waals surface area contributed by atoms with E-state index in [-0.39, 0.29) is 11.9 Å². The maximum absolute atomic E-state index is 13.8. The molecule has 0 unspecified atom stereocenters. The van der Waals surface area contributed by atoms with Gasteiger partial charge in [0.2, 0.25) is 11.8 Å². The number of aryl methyl sites for hydroxylation is 1. The van der Waals surface area contributed by atoms with Crippen molar-refractivity contribution < 1.29 is 19.1 Å². The van der Waals surface area contributed by atoms with Crippen LogP contribution >= 0.6 is 0 Å². The molecule has 8 nitrogen and oxygen atoms in total. The average molecular weight is 537 g/mol. The van der Waals surface area contributed by atoms with Crippen LogP contribution < -0.4 is 16.0 Å². The van der Waals surface area contributed by atoms with Gasteiger partial charge in [-0.15, -0.1) is 0 Å². The van der Waals surface area contributed by atoms with Crippen molar-refractivity contribution in [1.82, 2.24) is 20.9 Å². The molecule has 1 aliphatic heterocycles. The first kappa shape index (κ1) is 30.2. The molecule has 0 radical (unpaired) electrons. The second-order valence-electron chi connectivity index (χ2n) is 11.2. The number of benzene rings is 2. The third-order valence-corrected chi connectivity index (χ3v) is 6.78. The summed E-state index contributed by atoms with van der Waals surface area (Å²) in [5, 5.41) is 9.01. The molecular weight excluding hydrogens is 492 g/mol. The van der Waals surface area contributed by atoms with E-state index in [0.29, 0.717) is 25.9 Å². The van der Waals surface area contributed by atoms with Gasteiger partial charge in [0.25, 0.3) is 0 Å². The van der Waals surface area contributed by atoms with Crippen LogP contribution in [0.5, 0.6) is 0 Å². The fourth-order valence-corrected chi connectivity index (χ4v) is 4.74. The standard InChI is InChI=1S/C31H44N4O4/c1-23(33-30(38)39-31(2,3)4)28(36)34-27(18-17-24-12-7-5-8-13-24)29(37)35-21-11-16-26(35)22-32-20-19-25-14-9-6-10-15-25/h5-10,12-15,23,26-27,32H,11,16-22H2,1-4H3,(H,33,38)(H,34,36)/t23-,26-,27-/m0/s1. The molecule has 1 aliphatic rings. The maximum Gasteiger partial charge on any atom is 0.408 e. The van der Waals surface area contributed by atoms with E-state index in [1.165, 1.54) is 5.56 Å². The molecule has 0 aromatic heterocycles. The Morgan fingerprint density at radius 2 is 1.56 bits per heavy atom. The minimum absolute atomic E-state index is 0.0730. The SMILES string of the molecule is C[C@H](NC(=O)OC(C)(C)C)C(=O)N[C@@H](CCc1ccccc1)C(=O)N1CCC[C@H]1CNCCc1ccccc1. The molecule has 0 spiro atoms. The van der Waals surface area contributed by atoms with Crippen LogP contribution in [0.3, 0.4) is 0 Å². The van der Waals surface area contributed by atoms with Gasteiger partial charge in [0, 0.05) is 19.1 Å². The van der Waals surface area contributed by atoms with Gasteiger partial charge in [-0.05, 0) is 77.5 Å². The van der Waals surface area contributed by atoms with Crippen molar-refractivity contribution in [3.63, 3.8) is 0 Å². The molecule has 1 fully saturated rings. The fraction of sp³-hybridized carbons (Fsp3) is 0.516. The van der Waals surface area contributed by atoms with E-state index in [2.05, 4.69) is 28.1 Å². The number of likely N-dealkylation sites (tertiary alicyclic amines) is 1. The molecule has 3 N–H and O–H groups in total. The summed E-state index contributed by atoms with van der Waals surface area (Å²) in [5.74, 6) is -0.486. The van der Waals surface area contributed by atoms with Crippen molar-refractivity contribution in [2.45, 2.75) is 83.5 Å². The van der Waals surface area contributed by atoms with Crippen molar-refractivity contribution in [2.75, 3.05) is 19.6 Å². The van der Waals surface area contributed by atoms with Crippen molar-refractivity contribution in [1.29, 1.82) is 0 Å². The van der Waals surface area contributed by atoms with Crippen molar-refractivity contribution in [2.24, 2.45) is 0 Å². The number of nitrogens with one attached hydrogen (secondary N) is 3. The van der Waals surface area contributed by atoms with Crippen molar-refractivity contribution >= 4 is 17.9 Å². The second kappa shape index (κ2) is 14.7. The third-order valence-electron chi connectivity index (χ3n) is 6.78. The summed E-state index contributed by atoms with van der Waals surface area (Å²) < 4.78 is 5.27. The largest absolute Gasteiger partial charge is 0.444 e. The predicted octanol–water partition coefficient (Wildman–Crippen LogP) is 3.84. The van der Waals surface area contributed by atoms with Crippen LogP contribution in [0.2, 0.25) is 0 Å². The Labute approximate surface area is 232 Å². The van der Waals surface area contributed by atoms with Gasteiger partial charge in [-0.1, -0.05) is 60.7 Å². The Kier molecular flexibility index (Phi) is 11.3. The van der Waals surface area contributed by atoms with Gasteiger partial charge in [0.15, 0.2) is 0 Å². The first-order valence-electron chi connectivity index (χ1n) is 14.0. The van der Waals surface area contributed by atoms with E-state index in [1.807, 2.05) is 53.4 Å². The molecule has 212 valence electrons. The highest BCUT2D eigenvalue weighted by molar-refractivity contribution is 5.91. The lowest BCUT2D eigenvalue weighted by molar-refractivity contribution is -0.137. The maximum atomic E-state index is 13.8. The van der Waals surface area contributed by atoms with Gasteiger partial charge in [-0.3, -0.25) is 9.59 Å². The average Bonchev–Trinajstić information content (AvgIpc) is 3.37. The van der Waals surface area contributed by atoms with Crippen LogP contribution in [0, 0.1) is 0 Å². The van der Waals surface area contributed by atoms with E-state index in [1.54, 1.807) is 27.7 Å². The molecule has 39 heavy (non-hydrogen) atoms. The molecule has 1 saturated heterocycles. The summed E-state index contributed by atoms with van der Waals surface area (Å²) in [4.78, 5) is 40.9. The monoisotopic (exact) mass is 536 g/mol. The van der Waals surface area contributed by atoms with Crippen molar-refractivity contribution in [3.8, 4) is 0 Å². The number of hydrogen-bond acceptors (Lipinski definition) is 5. The Hall–Kier alpha value is -3.39. The molecule has 8 heteroatoms. The molecule has 3 rings (SSSR count). The molecule has 2 aromatic rings. The molecule has 3 amide bonds. The summed E-state index contributed by atoms with van der Waals surface area (Å²) in [5.41, 5.74) is 1.71. The Morgan fingerprint density at radius 1 is 0.949 bits per heavy atom. The van der Waals surface area contributed by atoms with Crippen LogP contribution in [-0.4, -0.2) is 66.2 Å². The van der Waals surface area contributed by atoms with E-state index in [4.69, 9.17) is 4.74 Å². The normalized spacial score (nSPS) is 16.8. The molecule has 0 saturated carbocycles. The zero-order chi connectivity index (χ0) is 28.3. The quantitative estimate of drug-likeness (QED) is 0.358. The summed E-state index contributed by atoms with van der Waals surface area (Å²) in [6.07, 6.45) is 3.25. The van der Waals surface area contributed by atoms with E-state index in [0.717, 1.165) is 31.4 Å². The zero-order valence-corrected chi connectivity index (χ0v) is 23.7. The fourth-order valence-electron chi connectivity index (χ4n) is 4.74.